The molecule has 0 bridgehead atoms. The van der Waals surface area contributed by atoms with E-state index >= 15 is 0 Å². The van der Waals surface area contributed by atoms with Gasteiger partial charge in [-0.3, -0.25) is 9.69 Å². The summed E-state index contributed by atoms with van der Waals surface area (Å²) >= 11 is 30.9. The number of hydrogen-bond donors (Lipinski definition) is 0. The molecule has 0 N–H and O–H groups in total. The topological polar surface area (TPSA) is 32.8 Å². The first-order valence-corrected chi connectivity index (χ1v) is 12.5. The van der Waals surface area contributed by atoms with Crippen LogP contribution in [0.3, 0.4) is 0 Å². The molecule has 3 aromatic rings. The van der Waals surface area contributed by atoms with Crippen LogP contribution in [0.5, 0.6) is 5.75 Å². The van der Waals surface area contributed by atoms with Crippen LogP contribution in [0.2, 0.25) is 25.1 Å². The molecule has 1 saturated heterocycles. The molecule has 1 amide bonds. The van der Waals surface area contributed by atoms with E-state index in [0.717, 1.165) is 24.2 Å². The molecule has 178 valence electrons. The first-order chi connectivity index (χ1) is 16.3. The monoisotopic (exact) mass is 556 g/mol. The first kappa shape index (κ1) is 25.4. The zero-order valence-electron chi connectivity index (χ0n) is 18.0. The fourth-order valence-corrected chi connectivity index (χ4v) is 5.26. The number of rotatable bonds is 6. The van der Waals surface area contributed by atoms with E-state index in [1.807, 2.05) is 47.4 Å². The van der Waals surface area contributed by atoms with Crippen LogP contribution in [0.4, 0.5) is 0 Å². The third-order valence-corrected chi connectivity index (χ3v) is 7.11. The van der Waals surface area contributed by atoms with Gasteiger partial charge < -0.3 is 9.64 Å². The number of benzene rings is 3. The minimum Gasteiger partial charge on any atom is -0.486 e. The molecule has 4 nitrogen and oxygen atoms in total. The second-order valence-corrected chi connectivity index (χ2v) is 10.0. The van der Waals surface area contributed by atoms with E-state index in [1.165, 1.54) is 0 Å². The Morgan fingerprint density at radius 2 is 1.41 bits per heavy atom. The van der Waals surface area contributed by atoms with Crippen LogP contribution < -0.4 is 4.74 Å². The van der Waals surface area contributed by atoms with Crippen molar-refractivity contribution >= 4 is 63.9 Å². The minimum absolute atomic E-state index is 0.0140. The van der Waals surface area contributed by atoms with Crippen LogP contribution in [0.25, 0.3) is 0 Å². The van der Waals surface area contributed by atoms with E-state index in [-0.39, 0.29) is 12.5 Å². The van der Waals surface area contributed by atoms with Gasteiger partial charge in [0.25, 0.3) is 5.91 Å². The predicted molar refractivity (Wildman–Crippen MR) is 140 cm³/mol. The Kier molecular flexibility index (Phi) is 8.52. The van der Waals surface area contributed by atoms with Crippen LogP contribution in [0, 0.1) is 0 Å². The van der Waals surface area contributed by atoms with Crippen LogP contribution in [-0.4, -0.2) is 41.9 Å². The average Bonchev–Trinajstić information content (AvgIpc) is 2.81. The highest BCUT2D eigenvalue weighted by atomic mass is 35.5. The molecule has 0 saturated carbocycles. The van der Waals surface area contributed by atoms with Crippen molar-refractivity contribution in [3.8, 4) is 5.75 Å². The summed E-state index contributed by atoms with van der Waals surface area (Å²) in [6.45, 7) is 3.60. The number of piperazine rings is 1. The fourth-order valence-electron chi connectivity index (χ4n) is 3.82. The van der Waals surface area contributed by atoms with E-state index in [0.29, 0.717) is 56.1 Å². The van der Waals surface area contributed by atoms with Gasteiger partial charge in [-0.2, -0.15) is 0 Å². The van der Waals surface area contributed by atoms with Crippen molar-refractivity contribution in [3.05, 3.63) is 96.4 Å². The molecule has 0 aliphatic carbocycles. The molecule has 1 aliphatic rings. The second kappa shape index (κ2) is 11.4. The maximum absolute atomic E-state index is 13.1. The molecule has 4 rings (SSSR count). The summed E-state index contributed by atoms with van der Waals surface area (Å²) in [6.07, 6.45) is 0. The molecule has 3 aromatic carbocycles. The summed E-state index contributed by atoms with van der Waals surface area (Å²) < 4.78 is 5.80. The summed E-state index contributed by atoms with van der Waals surface area (Å²) in [5, 5.41) is 2.42. The molecule has 1 aliphatic heterocycles. The number of hydrogen-bond acceptors (Lipinski definition) is 3. The smallest absolute Gasteiger partial charge is 0.253 e. The minimum atomic E-state index is -0.0140. The Balaban J connectivity index is 1.36. The molecule has 0 atom stereocenters. The third kappa shape index (κ3) is 6.12. The highest BCUT2D eigenvalue weighted by Gasteiger charge is 2.23. The van der Waals surface area contributed by atoms with Crippen LogP contribution >= 0.6 is 58.0 Å². The van der Waals surface area contributed by atoms with Crippen molar-refractivity contribution in [2.24, 2.45) is 0 Å². The quantitative estimate of drug-likeness (QED) is 0.314. The molecule has 0 radical (unpaired) electrons. The lowest BCUT2D eigenvalue weighted by Crippen LogP contribution is -2.48. The van der Waals surface area contributed by atoms with Crippen molar-refractivity contribution < 1.29 is 9.53 Å². The Labute approximate surface area is 223 Å². The lowest BCUT2D eigenvalue weighted by molar-refractivity contribution is 0.0628. The first-order valence-electron chi connectivity index (χ1n) is 10.6. The summed E-state index contributed by atoms with van der Waals surface area (Å²) in [6, 6.07) is 16.0. The average molecular weight is 559 g/mol. The standard InChI is InChI=1S/C25H21Cl5N2O2/c26-18-12-22(29)24(23(30)13-18)34-15-16-3-1-4-17(11-16)25(33)32-9-7-31(8-10-32)14-19-20(27)5-2-6-21(19)28/h1-6,11-13H,7-10,14-15H2. The number of amides is 1. The Morgan fingerprint density at radius 1 is 0.794 bits per heavy atom. The van der Waals surface area contributed by atoms with Gasteiger partial charge in [0, 0.05) is 58.9 Å². The van der Waals surface area contributed by atoms with Crippen LogP contribution in [-0.2, 0) is 13.2 Å². The molecule has 0 unspecified atom stereocenters. The third-order valence-electron chi connectivity index (χ3n) is 5.62. The second-order valence-electron chi connectivity index (χ2n) is 7.96. The van der Waals surface area contributed by atoms with Crippen molar-refractivity contribution in [1.82, 2.24) is 9.80 Å². The van der Waals surface area contributed by atoms with Crippen molar-refractivity contribution in [2.45, 2.75) is 13.2 Å². The van der Waals surface area contributed by atoms with E-state index in [1.54, 1.807) is 12.1 Å². The lowest BCUT2D eigenvalue weighted by atomic mass is 10.1. The van der Waals surface area contributed by atoms with Gasteiger partial charge in [-0.1, -0.05) is 76.2 Å². The number of carbonyl (C=O) groups excluding carboxylic acids is 1. The van der Waals surface area contributed by atoms with E-state index in [4.69, 9.17) is 62.7 Å². The van der Waals surface area contributed by atoms with Crippen LogP contribution in [0.1, 0.15) is 21.5 Å². The lowest BCUT2D eigenvalue weighted by Gasteiger charge is -2.35. The maximum Gasteiger partial charge on any atom is 0.253 e. The van der Waals surface area contributed by atoms with Crippen LogP contribution in [0.15, 0.2) is 54.6 Å². The van der Waals surface area contributed by atoms with E-state index in [2.05, 4.69) is 4.90 Å². The van der Waals surface area contributed by atoms with Gasteiger partial charge in [0.05, 0.1) is 10.0 Å². The summed E-state index contributed by atoms with van der Waals surface area (Å²) in [5.74, 6) is 0.346. The summed E-state index contributed by atoms with van der Waals surface area (Å²) in [7, 11) is 0. The highest BCUT2D eigenvalue weighted by Crippen LogP contribution is 2.36. The molecule has 34 heavy (non-hydrogen) atoms. The number of ether oxygens (including phenoxy) is 1. The number of nitrogens with zero attached hydrogens (tertiary/aromatic N) is 2. The SMILES string of the molecule is O=C(c1cccc(COc2c(Cl)cc(Cl)cc2Cl)c1)N1CCN(Cc2c(Cl)cccc2Cl)CC1. The zero-order chi connectivity index (χ0) is 24.2. The van der Waals surface area contributed by atoms with Crippen molar-refractivity contribution in [2.75, 3.05) is 26.2 Å². The van der Waals surface area contributed by atoms with Gasteiger partial charge in [0.15, 0.2) is 5.75 Å². The van der Waals surface area contributed by atoms with Gasteiger partial charge >= 0.3 is 0 Å². The maximum atomic E-state index is 13.1. The normalized spacial score (nSPS) is 14.3. The largest absolute Gasteiger partial charge is 0.486 e. The molecule has 9 heteroatoms. The molecule has 0 aromatic heterocycles. The van der Waals surface area contributed by atoms with E-state index in [9.17, 15) is 4.79 Å². The van der Waals surface area contributed by atoms with Gasteiger partial charge in [0.1, 0.15) is 6.61 Å². The molecular formula is C25H21Cl5N2O2. The number of halogens is 5. The number of carbonyl (C=O) groups is 1. The van der Waals surface area contributed by atoms with Gasteiger partial charge in [-0.25, -0.2) is 0 Å². The summed E-state index contributed by atoms with van der Waals surface area (Å²) in [5.41, 5.74) is 2.36. The van der Waals surface area contributed by atoms with Gasteiger partial charge in [-0.05, 0) is 42.0 Å². The van der Waals surface area contributed by atoms with Crippen molar-refractivity contribution in [3.63, 3.8) is 0 Å². The van der Waals surface area contributed by atoms with E-state index < -0.39 is 0 Å². The molecular weight excluding hydrogens is 538 g/mol. The Morgan fingerprint density at radius 3 is 2.06 bits per heavy atom. The van der Waals surface area contributed by atoms with Crippen molar-refractivity contribution in [1.29, 1.82) is 0 Å². The molecule has 1 heterocycles. The fraction of sp³-hybridized carbons (Fsp3) is 0.240. The Hall–Kier alpha value is -1.66. The Bertz CT molecular complexity index is 1150. The highest BCUT2D eigenvalue weighted by molar-refractivity contribution is 6.40. The van der Waals surface area contributed by atoms with Gasteiger partial charge in [0.2, 0.25) is 0 Å². The van der Waals surface area contributed by atoms with Gasteiger partial charge in [-0.15, -0.1) is 0 Å². The predicted octanol–water partition coefficient (Wildman–Crippen LogP) is 7.49. The zero-order valence-corrected chi connectivity index (χ0v) is 21.8. The summed E-state index contributed by atoms with van der Waals surface area (Å²) in [4.78, 5) is 17.2. The molecule has 0 spiro atoms. The molecule has 1 fully saturated rings.